The average molecular weight is 271 g/mol. The molecule has 0 bridgehead atoms. The summed E-state index contributed by atoms with van der Waals surface area (Å²) in [6.07, 6.45) is 2.90. The molecule has 0 radical (unpaired) electrons. The Morgan fingerprint density at radius 1 is 0.833 bits per heavy atom. The van der Waals surface area contributed by atoms with E-state index in [-0.39, 0.29) is 6.67 Å². The van der Waals surface area contributed by atoms with Crippen LogP contribution in [0.4, 0.5) is 8.78 Å². The maximum absolute atomic E-state index is 11.2. The molecule has 4 heteroatoms. The number of ether oxygens (including phenoxy) is 1. The Morgan fingerprint density at radius 2 is 1.28 bits per heavy atom. The molecule has 0 saturated carbocycles. The summed E-state index contributed by atoms with van der Waals surface area (Å²) in [6.45, 7) is 14.0. The van der Waals surface area contributed by atoms with Crippen LogP contribution < -0.4 is 5.32 Å². The normalized spacial score (nSPS) is 8.00. The molecule has 0 amide bonds. The molecule has 1 N–H and O–H groups in total. The molecule has 0 unspecified atom stereocenters. The Hall–Kier alpha value is -0.220. The molecular weight excluding hydrogens is 236 g/mol. The van der Waals surface area contributed by atoms with E-state index in [4.69, 9.17) is 4.74 Å². The highest BCUT2D eigenvalue weighted by molar-refractivity contribution is 4.31. The molecule has 0 aliphatic heterocycles. The van der Waals surface area contributed by atoms with E-state index in [1.54, 1.807) is 0 Å². The maximum Gasteiger partial charge on any atom is 0.0894 e. The Labute approximate surface area is 113 Å². The summed E-state index contributed by atoms with van der Waals surface area (Å²) in [6, 6.07) is 0. The molecule has 116 valence electrons. The second-order valence-electron chi connectivity index (χ2n) is 3.13. The summed E-state index contributed by atoms with van der Waals surface area (Å²) in [4.78, 5) is 0. The van der Waals surface area contributed by atoms with Crippen LogP contribution in [-0.2, 0) is 4.74 Å². The minimum Gasteiger partial charge on any atom is -0.382 e. The van der Waals surface area contributed by atoms with Crippen molar-refractivity contribution in [3.8, 4) is 0 Å². The van der Waals surface area contributed by atoms with Crippen LogP contribution in [0, 0.1) is 0 Å². The number of halogens is 2. The topological polar surface area (TPSA) is 21.3 Å². The van der Waals surface area contributed by atoms with Crippen molar-refractivity contribution in [3.05, 3.63) is 0 Å². The van der Waals surface area contributed by atoms with Crippen molar-refractivity contribution in [2.24, 2.45) is 0 Å². The lowest BCUT2D eigenvalue weighted by atomic mass is 10.3. The third kappa shape index (κ3) is 75.0. The lowest BCUT2D eigenvalue weighted by Crippen LogP contribution is -2.09. The summed E-state index contributed by atoms with van der Waals surface area (Å²) in [5.74, 6) is 0. The highest BCUT2D eigenvalue weighted by Crippen LogP contribution is 1.91. The van der Waals surface area contributed by atoms with Crippen LogP contribution >= 0.6 is 0 Å². The number of unbranched alkanes of at least 4 members (excludes halogenated alkanes) is 2. The monoisotopic (exact) mass is 271 g/mol. The number of nitrogens with one attached hydrogen (secondary N) is 1. The van der Waals surface area contributed by atoms with Crippen molar-refractivity contribution in [3.63, 3.8) is 0 Å². The molecule has 0 aromatic carbocycles. The van der Waals surface area contributed by atoms with E-state index in [2.05, 4.69) is 26.1 Å². The van der Waals surface area contributed by atoms with Gasteiger partial charge < -0.3 is 10.1 Å². The third-order valence-electron chi connectivity index (χ3n) is 1.65. The second kappa shape index (κ2) is 43.7. The standard InChI is InChI=1S/C5H11F.C4H11N.C4H10O.CH3F/c1-2-3-4-5-6;2*1-3-5-4-2;1-2/h2-5H2,1H3;5H,3-4H2,1-2H3;3-4H2,1-2H3;1H3. The SMILES string of the molecule is CCCCCF.CCNCC.CCOCC.CF. The molecule has 18 heavy (non-hydrogen) atoms. The van der Waals surface area contributed by atoms with E-state index in [1.807, 2.05) is 13.8 Å². The fourth-order valence-electron chi connectivity index (χ4n) is 0.799. The van der Waals surface area contributed by atoms with Gasteiger partial charge >= 0.3 is 0 Å². The lowest BCUT2D eigenvalue weighted by molar-refractivity contribution is 0.162. The molecule has 0 aromatic rings. The zero-order valence-electron chi connectivity index (χ0n) is 13.3. The fourth-order valence-corrected chi connectivity index (χ4v) is 0.799. The van der Waals surface area contributed by atoms with Gasteiger partial charge in [0.05, 0.1) is 13.9 Å². The predicted molar refractivity (Wildman–Crippen MR) is 78.9 cm³/mol. The van der Waals surface area contributed by atoms with Crippen LogP contribution in [0.1, 0.15) is 53.9 Å². The Morgan fingerprint density at radius 3 is 1.33 bits per heavy atom. The highest BCUT2D eigenvalue weighted by atomic mass is 19.1. The van der Waals surface area contributed by atoms with Gasteiger partial charge in [0.25, 0.3) is 0 Å². The van der Waals surface area contributed by atoms with Gasteiger partial charge in [-0.3, -0.25) is 8.78 Å². The Kier molecular flexibility index (Phi) is 64.0. The largest absolute Gasteiger partial charge is 0.382 e. The quantitative estimate of drug-likeness (QED) is 0.693. The number of hydrogen-bond acceptors (Lipinski definition) is 2. The minimum atomic E-state index is -0.145. The van der Waals surface area contributed by atoms with Crippen LogP contribution in [0.2, 0.25) is 0 Å². The summed E-state index contributed by atoms with van der Waals surface area (Å²) < 4.78 is 25.5. The Bertz CT molecular complexity index is 72.2. The number of hydrogen-bond donors (Lipinski definition) is 1. The molecule has 0 aliphatic rings. The van der Waals surface area contributed by atoms with E-state index in [9.17, 15) is 8.78 Å². The smallest absolute Gasteiger partial charge is 0.0894 e. The average Bonchev–Trinajstić information content (AvgIpc) is 2.42. The predicted octanol–water partition coefficient (Wildman–Crippen LogP) is 4.39. The first-order valence-electron chi connectivity index (χ1n) is 6.97. The first-order chi connectivity index (χ1) is 8.74. The summed E-state index contributed by atoms with van der Waals surface area (Å²) in [5, 5.41) is 3.11. The summed E-state index contributed by atoms with van der Waals surface area (Å²) in [5.41, 5.74) is 0. The minimum absolute atomic E-state index is 0.145. The molecular formula is C14H35F2NO. The highest BCUT2D eigenvalue weighted by Gasteiger charge is 1.78. The van der Waals surface area contributed by atoms with Crippen LogP contribution in [0.5, 0.6) is 0 Å². The number of rotatable bonds is 7. The first kappa shape index (κ1) is 26.4. The molecule has 2 nitrogen and oxygen atoms in total. The van der Waals surface area contributed by atoms with Crippen molar-refractivity contribution in [1.29, 1.82) is 0 Å². The zero-order chi connectivity index (χ0) is 15.1. The van der Waals surface area contributed by atoms with Crippen LogP contribution in [-0.4, -0.2) is 40.2 Å². The number of alkyl halides is 2. The van der Waals surface area contributed by atoms with Gasteiger partial charge in [-0.15, -0.1) is 0 Å². The summed E-state index contributed by atoms with van der Waals surface area (Å²) in [7, 11) is 0.500. The van der Waals surface area contributed by atoms with Crippen molar-refractivity contribution >= 4 is 0 Å². The van der Waals surface area contributed by atoms with Crippen LogP contribution in [0.15, 0.2) is 0 Å². The third-order valence-corrected chi connectivity index (χ3v) is 1.65. The van der Waals surface area contributed by atoms with Crippen molar-refractivity contribution in [1.82, 2.24) is 5.32 Å². The van der Waals surface area contributed by atoms with Gasteiger partial charge in [-0.05, 0) is 33.4 Å². The van der Waals surface area contributed by atoms with Gasteiger partial charge in [-0.25, -0.2) is 0 Å². The Balaban J connectivity index is -0.0000000766. The zero-order valence-corrected chi connectivity index (χ0v) is 13.3. The second-order valence-corrected chi connectivity index (χ2v) is 3.13. The van der Waals surface area contributed by atoms with E-state index in [0.717, 1.165) is 45.6 Å². The molecule has 0 aliphatic carbocycles. The van der Waals surface area contributed by atoms with Crippen molar-refractivity contribution < 1.29 is 13.5 Å². The van der Waals surface area contributed by atoms with E-state index in [1.165, 1.54) is 0 Å². The molecule has 0 saturated heterocycles. The molecule has 0 atom stereocenters. The van der Waals surface area contributed by atoms with Gasteiger partial charge in [0.15, 0.2) is 0 Å². The van der Waals surface area contributed by atoms with Crippen LogP contribution in [0.3, 0.4) is 0 Å². The molecule has 0 heterocycles. The summed E-state index contributed by atoms with van der Waals surface area (Å²) >= 11 is 0. The molecule has 0 aromatic heterocycles. The van der Waals surface area contributed by atoms with Crippen molar-refractivity contribution in [2.75, 3.05) is 40.2 Å². The van der Waals surface area contributed by atoms with Gasteiger partial charge in [0, 0.05) is 13.2 Å². The lowest BCUT2D eigenvalue weighted by Gasteiger charge is -1.86. The van der Waals surface area contributed by atoms with Gasteiger partial charge in [-0.1, -0.05) is 33.6 Å². The van der Waals surface area contributed by atoms with E-state index < -0.39 is 0 Å². The maximum atomic E-state index is 11.2. The molecule has 0 rings (SSSR count). The van der Waals surface area contributed by atoms with E-state index in [0.29, 0.717) is 7.18 Å². The van der Waals surface area contributed by atoms with Gasteiger partial charge in [0.1, 0.15) is 0 Å². The van der Waals surface area contributed by atoms with Gasteiger partial charge in [-0.2, -0.15) is 0 Å². The van der Waals surface area contributed by atoms with Gasteiger partial charge in [0.2, 0.25) is 0 Å². The first-order valence-corrected chi connectivity index (χ1v) is 6.97. The molecule has 0 fully saturated rings. The van der Waals surface area contributed by atoms with E-state index >= 15 is 0 Å². The van der Waals surface area contributed by atoms with Crippen molar-refractivity contribution in [2.45, 2.75) is 53.9 Å². The molecule has 0 spiro atoms. The fraction of sp³-hybridized carbons (Fsp3) is 1.00. The van der Waals surface area contributed by atoms with Crippen LogP contribution in [0.25, 0.3) is 0 Å².